The Balaban J connectivity index is 2.01. The van der Waals surface area contributed by atoms with Gasteiger partial charge >= 0.3 is 0 Å². The summed E-state index contributed by atoms with van der Waals surface area (Å²) < 4.78 is 0.603. The van der Waals surface area contributed by atoms with Gasteiger partial charge in [0.1, 0.15) is 0 Å². The smallest absolute Gasteiger partial charge is 0.264 e. The standard InChI is InChI=1S/C13H15ClN2O2S/c1-3-12(17)16-7-6-9(8-16)15(2)13(18)10-4-5-11(14)19-10/h3-5,9H,1,6-8H2,2H3/t9-/m0/s1. The number of nitrogens with zero attached hydrogens (tertiary/aromatic N) is 2. The zero-order valence-electron chi connectivity index (χ0n) is 10.6. The summed E-state index contributed by atoms with van der Waals surface area (Å²) in [6.07, 6.45) is 2.10. The fourth-order valence-corrected chi connectivity index (χ4v) is 3.18. The average molecular weight is 299 g/mol. The van der Waals surface area contributed by atoms with Crippen molar-refractivity contribution in [3.63, 3.8) is 0 Å². The molecule has 1 fully saturated rings. The van der Waals surface area contributed by atoms with E-state index in [1.54, 1.807) is 29.0 Å². The molecule has 6 heteroatoms. The molecule has 0 saturated carbocycles. The number of carbonyl (C=O) groups excluding carboxylic acids is 2. The third-order valence-electron chi connectivity index (χ3n) is 3.30. The molecule has 19 heavy (non-hydrogen) atoms. The van der Waals surface area contributed by atoms with Crippen LogP contribution < -0.4 is 0 Å². The summed E-state index contributed by atoms with van der Waals surface area (Å²) in [4.78, 5) is 27.8. The highest BCUT2D eigenvalue weighted by Gasteiger charge is 2.30. The van der Waals surface area contributed by atoms with Crippen molar-refractivity contribution in [1.29, 1.82) is 0 Å². The number of likely N-dealkylation sites (N-methyl/N-ethyl adjacent to an activating group) is 1. The Morgan fingerprint density at radius 1 is 1.58 bits per heavy atom. The minimum Gasteiger partial charge on any atom is -0.337 e. The van der Waals surface area contributed by atoms with Gasteiger partial charge < -0.3 is 9.80 Å². The number of rotatable bonds is 3. The molecule has 1 atom stereocenters. The van der Waals surface area contributed by atoms with E-state index in [1.807, 2.05) is 0 Å². The SMILES string of the molecule is C=CC(=O)N1CC[C@H](N(C)C(=O)c2ccc(Cl)s2)C1. The lowest BCUT2D eigenvalue weighted by molar-refractivity contribution is -0.125. The van der Waals surface area contributed by atoms with E-state index in [1.165, 1.54) is 17.4 Å². The van der Waals surface area contributed by atoms with Crippen LogP contribution in [0.1, 0.15) is 16.1 Å². The van der Waals surface area contributed by atoms with Crippen molar-refractivity contribution >= 4 is 34.8 Å². The normalized spacial score (nSPS) is 18.4. The number of hydrogen-bond acceptors (Lipinski definition) is 3. The maximum atomic E-state index is 12.2. The van der Waals surface area contributed by atoms with Gasteiger partial charge in [-0.05, 0) is 24.6 Å². The van der Waals surface area contributed by atoms with Gasteiger partial charge in [-0.2, -0.15) is 0 Å². The zero-order valence-corrected chi connectivity index (χ0v) is 12.2. The summed E-state index contributed by atoms with van der Waals surface area (Å²) in [5, 5.41) is 0. The Kier molecular flexibility index (Phi) is 4.27. The van der Waals surface area contributed by atoms with Crippen LogP contribution in [0.3, 0.4) is 0 Å². The van der Waals surface area contributed by atoms with Gasteiger partial charge in [0.15, 0.2) is 0 Å². The van der Waals surface area contributed by atoms with Crippen LogP contribution in [0, 0.1) is 0 Å². The number of thiophene rings is 1. The predicted octanol–water partition coefficient (Wildman–Crippen LogP) is 2.26. The monoisotopic (exact) mass is 298 g/mol. The van der Waals surface area contributed by atoms with Gasteiger partial charge in [-0.25, -0.2) is 0 Å². The fraction of sp³-hybridized carbons (Fsp3) is 0.385. The first-order chi connectivity index (χ1) is 9.02. The maximum absolute atomic E-state index is 12.2. The van der Waals surface area contributed by atoms with E-state index in [9.17, 15) is 9.59 Å². The molecule has 1 aromatic heterocycles. The lowest BCUT2D eigenvalue weighted by Gasteiger charge is -2.24. The van der Waals surface area contributed by atoms with Gasteiger partial charge in [0.25, 0.3) is 5.91 Å². The average Bonchev–Trinajstić information content (AvgIpc) is 3.04. The summed E-state index contributed by atoms with van der Waals surface area (Å²) in [6, 6.07) is 3.50. The van der Waals surface area contributed by atoms with Crippen molar-refractivity contribution < 1.29 is 9.59 Å². The van der Waals surface area contributed by atoms with Crippen LogP contribution in [0.4, 0.5) is 0 Å². The van der Waals surface area contributed by atoms with Gasteiger partial charge in [0, 0.05) is 20.1 Å². The highest BCUT2D eigenvalue weighted by atomic mass is 35.5. The summed E-state index contributed by atoms with van der Waals surface area (Å²) >= 11 is 7.11. The van der Waals surface area contributed by atoms with Crippen LogP contribution in [0.5, 0.6) is 0 Å². The second kappa shape index (κ2) is 5.75. The van der Waals surface area contributed by atoms with E-state index in [0.717, 1.165) is 6.42 Å². The molecule has 2 heterocycles. The predicted molar refractivity (Wildman–Crippen MR) is 76.6 cm³/mol. The summed E-state index contributed by atoms with van der Waals surface area (Å²) in [5.41, 5.74) is 0. The molecule has 0 spiro atoms. The van der Waals surface area contributed by atoms with Crippen LogP contribution in [0.15, 0.2) is 24.8 Å². The van der Waals surface area contributed by atoms with Crippen LogP contribution in [0.2, 0.25) is 4.34 Å². The molecule has 0 unspecified atom stereocenters. The van der Waals surface area contributed by atoms with Crippen molar-refractivity contribution in [2.75, 3.05) is 20.1 Å². The highest BCUT2D eigenvalue weighted by molar-refractivity contribution is 7.17. The van der Waals surface area contributed by atoms with Crippen LogP contribution in [0.25, 0.3) is 0 Å². The van der Waals surface area contributed by atoms with Gasteiger partial charge in [-0.1, -0.05) is 18.2 Å². The van der Waals surface area contributed by atoms with E-state index >= 15 is 0 Å². The molecule has 2 amide bonds. The fourth-order valence-electron chi connectivity index (χ4n) is 2.16. The summed E-state index contributed by atoms with van der Waals surface area (Å²) in [6.45, 7) is 4.70. The van der Waals surface area contributed by atoms with E-state index in [2.05, 4.69) is 6.58 Å². The Labute approximate surface area is 121 Å². The van der Waals surface area contributed by atoms with Crippen LogP contribution >= 0.6 is 22.9 Å². The van der Waals surface area contributed by atoms with Gasteiger partial charge in [-0.3, -0.25) is 9.59 Å². The third kappa shape index (κ3) is 2.98. The highest BCUT2D eigenvalue weighted by Crippen LogP contribution is 2.24. The Bertz CT molecular complexity index is 514. The van der Waals surface area contributed by atoms with Gasteiger partial charge in [0.05, 0.1) is 15.3 Å². The van der Waals surface area contributed by atoms with E-state index in [-0.39, 0.29) is 17.9 Å². The number of carbonyl (C=O) groups is 2. The number of amides is 2. The molecule has 4 nitrogen and oxygen atoms in total. The molecule has 0 radical (unpaired) electrons. The zero-order chi connectivity index (χ0) is 14.0. The molecule has 0 aromatic carbocycles. The molecule has 102 valence electrons. The quantitative estimate of drug-likeness (QED) is 0.803. The third-order valence-corrected chi connectivity index (χ3v) is 4.52. The molecule has 0 aliphatic carbocycles. The minimum absolute atomic E-state index is 0.0465. The number of hydrogen-bond donors (Lipinski definition) is 0. The Morgan fingerprint density at radius 2 is 2.32 bits per heavy atom. The minimum atomic E-state index is -0.0810. The molecule has 1 saturated heterocycles. The number of likely N-dealkylation sites (tertiary alicyclic amines) is 1. The van der Waals surface area contributed by atoms with Gasteiger partial charge in [0.2, 0.25) is 5.91 Å². The van der Waals surface area contributed by atoms with Crippen molar-refractivity contribution in [3.8, 4) is 0 Å². The molecule has 1 aliphatic heterocycles. The first kappa shape index (κ1) is 14.1. The van der Waals surface area contributed by atoms with Crippen LogP contribution in [-0.2, 0) is 4.79 Å². The molecule has 1 aromatic rings. The summed E-state index contributed by atoms with van der Waals surface area (Å²) in [7, 11) is 1.77. The molecule has 0 bridgehead atoms. The lowest BCUT2D eigenvalue weighted by atomic mass is 10.2. The molecule has 1 aliphatic rings. The first-order valence-corrected chi connectivity index (χ1v) is 7.16. The van der Waals surface area contributed by atoms with Crippen molar-refractivity contribution in [1.82, 2.24) is 9.80 Å². The van der Waals surface area contributed by atoms with E-state index in [0.29, 0.717) is 22.3 Å². The molecule has 2 rings (SSSR count). The summed E-state index contributed by atoms with van der Waals surface area (Å²) in [5.74, 6) is -0.127. The van der Waals surface area contributed by atoms with E-state index in [4.69, 9.17) is 11.6 Å². The lowest BCUT2D eigenvalue weighted by Crippen LogP contribution is -2.39. The Morgan fingerprint density at radius 3 is 2.89 bits per heavy atom. The van der Waals surface area contributed by atoms with Gasteiger partial charge in [-0.15, -0.1) is 11.3 Å². The number of halogens is 1. The first-order valence-electron chi connectivity index (χ1n) is 5.96. The van der Waals surface area contributed by atoms with Crippen molar-refractivity contribution in [2.24, 2.45) is 0 Å². The van der Waals surface area contributed by atoms with Crippen molar-refractivity contribution in [3.05, 3.63) is 34.0 Å². The Hall–Kier alpha value is -1.33. The van der Waals surface area contributed by atoms with Crippen LogP contribution in [-0.4, -0.2) is 47.8 Å². The second-order valence-electron chi connectivity index (χ2n) is 4.45. The molecule has 0 N–H and O–H groups in total. The topological polar surface area (TPSA) is 40.6 Å². The molecular formula is C13H15ClN2O2S. The maximum Gasteiger partial charge on any atom is 0.264 e. The largest absolute Gasteiger partial charge is 0.337 e. The second-order valence-corrected chi connectivity index (χ2v) is 6.17. The van der Waals surface area contributed by atoms with E-state index < -0.39 is 0 Å². The van der Waals surface area contributed by atoms with Crippen molar-refractivity contribution in [2.45, 2.75) is 12.5 Å². The molecular weight excluding hydrogens is 284 g/mol.